The van der Waals surface area contributed by atoms with Crippen LogP contribution in [0, 0.1) is 0 Å². The third-order valence-corrected chi connectivity index (χ3v) is 2.33. The number of hydrogen-bond donors (Lipinski definition) is 2. The normalized spacial score (nSPS) is 21.5. The van der Waals surface area contributed by atoms with Gasteiger partial charge in [-0.15, -0.1) is 0 Å². The Labute approximate surface area is 79.7 Å². The SMILES string of the molecule is CCNC(=O)N(C)CC1CCCN1. The van der Waals surface area contributed by atoms with Crippen LogP contribution in [-0.4, -0.2) is 43.7 Å². The summed E-state index contributed by atoms with van der Waals surface area (Å²) < 4.78 is 0. The van der Waals surface area contributed by atoms with E-state index < -0.39 is 0 Å². The first-order chi connectivity index (χ1) is 6.24. The third-order valence-electron chi connectivity index (χ3n) is 2.33. The Morgan fingerprint density at radius 1 is 1.69 bits per heavy atom. The third kappa shape index (κ3) is 3.22. The summed E-state index contributed by atoms with van der Waals surface area (Å²) >= 11 is 0. The zero-order chi connectivity index (χ0) is 9.68. The molecule has 0 radical (unpaired) electrons. The molecular weight excluding hydrogens is 166 g/mol. The highest BCUT2D eigenvalue weighted by Crippen LogP contribution is 2.05. The molecule has 1 aliphatic rings. The molecule has 1 rings (SSSR count). The van der Waals surface area contributed by atoms with Crippen molar-refractivity contribution in [2.75, 3.05) is 26.7 Å². The van der Waals surface area contributed by atoms with Crippen LogP contribution < -0.4 is 10.6 Å². The van der Waals surface area contributed by atoms with Crippen molar-refractivity contribution in [1.82, 2.24) is 15.5 Å². The minimum atomic E-state index is 0.0243. The maximum Gasteiger partial charge on any atom is 0.317 e. The molecule has 2 amide bonds. The summed E-state index contributed by atoms with van der Waals surface area (Å²) in [6.45, 7) is 4.53. The predicted molar refractivity (Wildman–Crippen MR) is 52.7 cm³/mol. The molecule has 2 N–H and O–H groups in total. The summed E-state index contributed by atoms with van der Waals surface area (Å²) in [7, 11) is 1.84. The van der Waals surface area contributed by atoms with Crippen LogP contribution in [0.15, 0.2) is 0 Å². The molecule has 0 aliphatic carbocycles. The molecule has 1 heterocycles. The second-order valence-electron chi connectivity index (χ2n) is 3.51. The molecular formula is C9H19N3O. The van der Waals surface area contributed by atoms with E-state index in [1.165, 1.54) is 12.8 Å². The Kier molecular flexibility index (Phi) is 4.02. The van der Waals surface area contributed by atoms with Crippen molar-refractivity contribution >= 4 is 6.03 Å². The fourth-order valence-electron chi connectivity index (χ4n) is 1.61. The molecule has 4 nitrogen and oxygen atoms in total. The summed E-state index contributed by atoms with van der Waals surface area (Å²) in [5.41, 5.74) is 0. The second-order valence-corrected chi connectivity index (χ2v) is 3.51. The number of urea groups is 1. The zero-order valence-electron chi connectivity index (χ0n) is 8.47. The Morgan fingerprint density at radius 2 is 2.46 bits per heavy atom. The Bertz CT molecular complexity index is 166. The summed E-state index contributed by atoms with van der Waals surface area (Å²) in [6, 6.07) is 0.517. The second kappa shape index (κ2) is 5.07. The molecule has 1 saturated heterocycles. The van der Waals surface area contributed by atoms with Gasteiger partial charge in [0, 0.05) is 26.2 Å². The molecule has 4 heteroatoms. The molecule has 0 aromatic heterocycles. The summed E-state index contributed by atoms with van der Waals surface area (Å²) in [5, 5.41) is 6.14. The lowest BCUT2D eigenvalue weighted by atomic mass is 10.2. The van der Waals surface area contributed by atoms with Crippen LogP contribution in [0.1, 0.15) is 19.8 Å². The summed E-state index contributed by atoms with van der Waals surface area (Å²) in [4.78, 5) is 13.1. The number of likely N-dealkylation sites (N-methyl/N-ethyl adjacent to an activating group) is 1. The Hall–Kier alpha value is -0.770. The highest BCUT2D eigenvalue weighted by atomic mass is 16.2. The highest BCUT2D eigenvalue weighted by molar-refractivity contribution is 5.73. The molecule has 1 aliphatic heterocycles. The summed E-state index contributed by atoms with van der Waals surface area (Å²) in [6.07, 6.45) is 2.41. The van der Waals surface area contributed by atoms with Gasteiger partial charge in [0.15, 0.2) is 0 Å². The highest BCUT2D eigenvalue weighted by Gasteiger charge is 2.17. The van der Waals surface area contributed by atoms with Crippen LogP contribution in [-0.2, 0) is 0 Å². The van der Waals surface area contributed by atoms with E-state index in [1.807, 2.05) is 14.0 Å². The molecule has 0 saturated carbocycles. The molecule has 13 heavy (non-hydrogen) atoms. The van der Waals surface area contributed by atoms with E-state index >= 15 is 0 Å². The lowest BCUT2D eigenvalue weighted by molar-refractivity contribution is 0.205. The minimum Gasteiger partial charge on any atom is -0.338 e. The minimum absolute atomic E-state index is 0.0243. The van der Waals surface area contributed by atoms with Crippen LogP contribution in [0.4, 0.5) is 4.79 Å². The quantitative estimate of drug-likeness (QED) is 0.668. The predicted octanol–water partition coefficient (Wildman–Crippen LogP) is 0.400. The first-order valence-corrected chi connectivity index (χ1v) is 4.96. The van der Waals surface area contributed by atoms with Crippen LogP contribution in [0.5, 0.6) is 0 Å². The Morgan fingerprint density at radius 3 is 3.00 bits per heavy atom. The van der Waals surface area contributed by atoms with Crippen LogP contribution in [0.3, 0.4) is 0 Å². The molecule has 1 atom stereocenters. The van der Waals surface area contributed by atoms with Gasteiger partial charge >= 0.3 is 6.03 Å². The molecule has 1 unspecified atom stereocenters. The largest absolute Gasteiger partial charge is 0.338 e. The van der Waals surface area contributed by atoms with Gasteiger partial charge in [0.25, 0.3) is 0 Å². The van der Waals surface area contributed by atoms with Crippen LogP contribution in [0.25, 0.3) is 0 Å². The Balaban J connectivity index is 2.22. The van der Waals surface area contributed by atoms with E-state index in [9.17, 15) is 4.79 Å². The molecule has 0 aromatic carbocycles. The molecule has 1 fully saturated rings. The average molecular weight is 185 g/mol. The first-order valence-electron chi connectivity index (χ1n) is 4.96. The van der Waals surface area contributed by atoms with Crippen LogP contribution in [0.2, 0.25) is 0 Å². The number of nitrogens with zero attached hydrogens (tertiary/aromatic N) is 1. The van der Waals surface area contributed by atoms with E-state index in [4.69, 9.17) is 0 Å². The molecule has 76 valence electrons. The van der Waals surface area contributed by atoms with E-state index in [0.717, 1.165) is 13.1 Å². The van der Waals surface area contributed by atoms with Crippen molar-refractivity contribution in [2.45, 2.75) is 25.8 Å². The molecule has 0 bridgehead atoms. The van der Waals surface area contributed by atoms with E-state index in [-0.39, 0.29) is 6.03 Å². The van der Waals surface area contributed by atoms with Crippen molar-refractivity contribution < 1.29 is 4.79 Å². The fourth-order valence-corrected chi connectivity index (χ4v) is 1.61. The monoisotopic (exact) mass is 185 g/mol. The van der Waals surface area contributed by atoms with E-state index in [0.29, 0.717) is 12.6 Å². The average Bonchev–Trinajstić information content (AvgIpc) is 2.57. The van der Waals surface area contributed by atoms with Gasteiger partial charge in [-0.05, 0) is 26.3 Å². The van der Waals surface area contributed by atoms with Crippen molar-refractivity contribution in [1.29, 1.82) is 0 Å². The molecule has 0 spiro atoms. The molecule has 0 aromatic rings. The number of amides is 2. The van der Waals surface area contributed by atoms with Gasteiger partial charge in [0.2, 0.25) is 0 Å². The zero-order valence-corrected chi connectivity index (χ0v) is 8.47. The summed E-state index contributed by atoms with van der Waals surface area (Å²) in [5.74, 6) is 0. The van der Waals surface area contributed by atoms with E-state index in [2.05, 4.69) is 10.6 Å². The topological polar surface area (TPSA) is 44.4 Å². The fraction of sp³-hybridized carbons (Fsp3) is 0.889. The van der Waals surface area contributed by atoms with Gasteiger partial charge in [-0.3, -0.25) is 0 Å². The number of hydrogen-bond acceptors (Lipinski definition) is 2. The maximum absolute atomic E-state index is 11.3. The van der Waals surface area contributed by atoms with Gasteiger partial charge in [-0.25, -0.2) is 4.79 Å². The van der Waals surface area contributed by atoms with Crippen molar-refractivity contribution in [3.8, 4) is 0 Å². The van der Waals surface area contributed by atoms with Crippen LogP contribution >= 0.6 is 0 Å². The smallest absolute Gasteiger partial charge is 0.317 e. The van der Waals surface area contributed by atoms with Gasteiger partial charge < -0.3 is 15.5 Å². The maximum atomic E-state index is 11.3. The van der Waals surface area contributed by atoms with Crippen molar-refractivity contribution in [3.63, 3.8) is 0 Å². The lowest BCUT2D eigenvalue weighted by Crippen LogP contribution is -2.43. The number of rotatable bonds is 3. The lowest BCUT2D eigenvalue weighted by Gasteiger charge is -2.21. The van der Waals surface area contributed by atoms with Gasteiger partial charge in [0.1, 0.15) is 0 Å². The number of nitrogens with one attached hydrogen (secondary N) is 2. The number of carbonyl (C=O) groups is 1. The van der Waals surface area contributed by atoms with E-state index in [1.54, 1.807) is 4.90 Å². The van der Waals surface area contributed by atoms with Crippen molar-refractivity contribution in [3.05, 3.63) is 0 Å². The van der Waals surface area contributed by atoms with Gasteiger partial charge in [0.05, 0.1) is 0 Å². The number of carbonyl (C=O) groups excluding carboxylic acids is 1. The van der Waals surface area contributed by atoms with Crippen molar-refractivity contribution in [2.24, 2.45) is 0 Å². The van der Waals surface area contributed by atoms with Gasteiger partial charge in [-0.1, -0.05) is 0 Å². The van der Waals surface area contributed by atoms with Gasteiger partial charge in [-0.2, -0.15) is 0 Å². The standard InChI is InChI=1S/C9H19N3O/c1-3-10-9(13)12(2)7-8-5-4-6-11-8/h8,11H,3-7H2,1-2H3,(H,10,13). The first kappa shape index (κ1) is 10.3.